The Hall–Kier alpha value is -2.07. The number of halogens is 1. The zero-order chi connectivity index (χ0) is 15.8. The number of pyridine rings is 1. The van der Waals surface area contributed by atoms with Crippen molar-refractivity contribution >= 4 is 23.2 Å². The van der Waals surface area contributed by atoms with Gasteiger partial charge in [0.15, 0.2) is 0 Å². The van der Waals surface area contributed by atoms with Crippen molar-refractivity contribution in [3.63, 3.8) is 0 Å². The van der Waals surface area contributed by atoms with Gasteiger partial charge in [0, 0.05) is 30.0 Å². The quantitative estimate of drug-likeness (QED) is 0.821. The van der Waals surface area contributed by atoms with Crippen LogP contribution >= 0.6 is 11.6 Å². The molecule has 0 fully saturated rings. The minimum atomic E-state index is -0.165. The lowest BCUT2D eigenvalue weighted by atomic mass is 10.1. The van der Waals surface area contributed by atoms with Crippen LogP contribution in [0.5, 0.6) is 0 Å². The molecule has 1 amide bonds. The van der Waals surface area contributed by atoms with E-state index in [1.54, 1.807) is 12.3 Å². The molecule has 0 saturated heterocycles. The lowest BCUT2D eigenvalue weighted by Crippen LogP contribution is -2.26. The van der Waals surface area contributed by atoms with Gasteiger partial charge in [-0.2, -0.15) is 0 Å². The van der Waals surface area contributed by atoms with Gasteiger partial charge in [0.05, 0.1) is 0 Å². The Balaban J connectivity index is 1.86. The number of carbonyl (C=O) groups excluding carboxylic acids is 1. The van der Waals surface area contributed by atoms with Crippen LogP contribution < -0.4 is 10.6 Å². The molecule has 0 spiro atoms. The van der Waals surface area contributed by atoms with Crippen molar-refractivity contribution in [2.75, 3.05) is 18.4 Å². The summed E-state index contributed by atoms with van der Waals surface area (Å²) in [5.74, 6) is -0.165. The first-order valence-corrected chi connectivity index (χ1v) is 7.79. The number of aromatic nitrogens is 1. The lowest BCUT2D eigenvalue weighted by Gasteiger charge is -2.08. The molecule has 1 aromatic heterocycles. The van der Waals surface area contributed by atoms with Crippen molar-refractivity contribution in [2.45, 2.75) is 19.8 Å². The summed E-state index contributed by atoms with van der Waals surface area (Å²) in [7, 11) is 0. The van der Waals surface area contributed by atoms with Crippen molar-refractivity contribution in [1.29, 1.82) is 0 Å². The third-order valence-corrected chi connectivity index (χ3v) is 3.40. The summed E-state index contributed by atoms with van der Waals surface area (Å²) in [6.45, 7) is 3.52. The molecule has 22 heavy (non-hydrogen) atoms. The van der Waals surface area contributed by atoms with Gasteiger partial charge in [-0.3, -0.25) is 9.78 Å². The van der Waals surface area contributed by atoms with Gasteiger partial charge >= 0.3 is 0 Å². The van der Waals surface area contributed by atoms with E-state index < -0.39 is 0 Å². The van der Waals surface area contributed by atoms with Crippen LogP contribution in [0.15, 0.2) is 42.6 Å². The van der Waals surface area contributed by atoms with Crippen molar-refractivity contribution in [1.82, 2.24) is 10.3 Å². The zero-order valence-electron chi connectivity index (χ0n) is 12.6. The molecule has 5 heteroatoms. The van der Waals surface area contributed by atoms with E-state index in [2.05, 4.69) is 22.5 Å². The largest absolute Gasteiger partial charge is 0.385 e. The first-order valence-electron chi connectivity index (χ1n) is 7.41. The molecule has 2 rings (SSSR count). The maximum absolute atomic E-state index is 12.1. The van der Waals surface area contributed by atoms with Crippen LogP contribution in [0.2, 0.25) is 5.02 Å². The van der Waals surface area contributed by atoms with E-state index in [0.717, 1.165) is 30.6 Å². The van der Waals surface area contributed by atoms with Crippen molar-refractivity contribution in [3.8, 4) is 0 Å². The van der Waals surface area contributed by atoms with E-state index in [4.69, 9.17) is 11.6 Å². The van der Waals surface area contributed by atoms with Crippen LogP contribution in [0.4, 0.5) is 5.69 Å². The van der Waals surface area contributed by atoms with Crippen LogP contribution in [0.1, 0.15) is 29.4 Å². The summed E-state index contributed by atoms with van der Waals surface area (Å²) in [5, 5.41) is 6.83. The molecule has 2 N–H and O–H groups in total. The van der Waals surface area contributed by atoms with Crippen LogP contribution in [0.3, 0.4) is 0 Å². The Kier molecular flexibility index (Phi) is 6.22. The predicted molar refractivity (Wildman–Crippen MR) is 90.5 cm³/mol. The number of benzene rings is 1. The highest BCUT2D eigenvalue weighted by molar-refractivity contribution is 6.30. The van der Waals surface area contributed by atoms with Crippen LogP contribution in [-0.4, -0.2) is 24.0 Å². The molecule has 0 saturated carbocycles. The molecular formula is C17H20ClN3O. The molecular weight excluding hydrogens is 298 g/mol. The second-order valence-electron chi connectivity index (χ2n) is 4.99. The maximum Gasteiger partial charge on any atom is 0.269 e. The molecule has 116 valence electrons. The molecule has 0 aliphatic carbocycles. The second kappa shape index (κ2) is 8.39. The molecule has 0 atom stereocenters. The number of hydrogen-bond donors (Lipinski definition) is 2. The summed E-state index contributed by atoms with van der Waals surface area (Å²) >= 11 is 5.94. The number of hydrogen-bond acceptors (Lipinski definition) is 3. The van der Waals surface area contributed by atoms with E-state index in [-0.39, 0.29) is 5.91 Å². The number of nitrogens with one attached hydrogen (secondary N) is 2. The van der Waals surface area contributed by atoms with Gasteiger partial charge in [0.25, 0.3) is 5.91 Å². The molecule has 1 heterocycles. The van der Waals surface area contributed by atoms with Gasteiger partial charge in [-0.25, -0.2) is 0 Å². The fourth-order valence-electron chi connectivity index (χ4n) is 2.04. The monoisotopic (exact) mass is 317 g/mol. The smallest absolute Gasteiger partial charge is 0.269 e. The fourth-order valence-corrected chi connectivity index (χ4v) is 2.25. The van der Waals surface area contributed by atoms with Crippen molar-refractivity contribution < 1.29 is 4.79 Å². The van der Waals surface area contributed by atoms with Gasteiger partial charge in [0.2, 0.25) is 0 Å². The standard InChI is InChI=1S/C17H20ClN3O/c1-2-8-19-15-7-10-20-16(12-15)17(22)21-9-6-13-4-3-5-14(18)11-13/h3-5,7,10-12H,2,6,8-9H2,1H3,(H,19,20)(H,21,22). The second-order valence-corrected chi connectivity index (χ2v) is 5.43. The first kappa shape index (κ1) is 16.3. The van der Waals surface area contributed by atoms with E-state index in [1.807, 2.05) is 30.3 Å². The van der Waals surface area contributed by atoms with Gasteiger partial charge in [-0.05, 0) is 42.7 Å². The number of amides is 1. The van der Waals surface area contributed by atoms with Gasteiger partial charge < -0.3 is 10.6 Å². The minimum absolute atomic E-state index is 0.165. The molecule has 0 aliphatic rings. The van der Waals surface area contributed by atoms with Crippen molar-refractivity contribution in [3.05, 3.63) is 58.9 Å². The van der Waals surface area contributed by atoms with Crippen molar-refractivity contribution in [2.24, 2.45) is 0 Å². The SMILES string of the molecule is CCCNc1ccnc(C(=O)NCCc2cccc(Cl)c2)c1. The molecule has 0 radical (unpaired) electrons. The molecule has 0 bridgehead atoms. The first-order chi connectivity index (χ1) is 10.7. The maximum atomic E-state index is 12.1. The predicted octanol–water partition coefficient (Wildman–Crippen LogP) is 3.53. The Morgan fingerprint density at radius 3 is 2.86 bits per heavy atom. The Labute approximate surface area is 135 Å². The van der Waals surface area contributed by atoms with Crippen LogP contribution in [-0.2, 0) is 6.42 Å². The minimum Gasteiger partial charge on any atom is -0.385 e. The van der Waals surface area contributed by atoms with E-state index in [9.17, 15) is 4.79 Å². The lowest BCUT2D eigenvalue weighted by molar-refractivity contribution is 0.0949. The van der Waals surface area contributed by atoms with Crippen LogP contribution in [0, 0.1) is 0 Å². The highest BCUT2D eigenvalue weighted by atomic mass is 35.5. The average Bonchev–Trinajstić information content (AvgIpc) is 2.53. The molecule has 0 aliphatic heterocycles. The van der Waals surface area contributed by atoms with Crippen LogP contribution in [0.25, 0.3) is 0 Å². The highest BCUT2D eigenvalue weighted by Gasteiger charge is 2.07. The number of carbonyl (C=O) groups is 1. The van der Waals surface area contributed by atoms with Gasteiger partial charge in [-0.1, -0.05) is 30.7 Å². The van der Waals surface area contributed by atoms with E-state index in [1.165, 1.54) is 0 Å². The topological polar surface area (TPSA) is 54.0 Å². The Morgan fingerprint density at radius 2 is 2.09 bits per heavy atom. The summed E-state index contributed by atoms with van der Waals surface area (Å²) in [5.41, 5.74) is 2.43. The molecule has 4 nitrogen and oxygen atoms in total. The fraction of sp³-hybridized carbons (Fsp3) is 0.294. The number of anilines is 1. The normalized spacial score (nSPS) is 10.3. The molecule has 0 unspecified atom stereocenters. The number of nitrogens with zero attached hydrogens (tertiary/aromatic N) is 1. The third-order valence-electron chi connectivity index (χ3n) is 3.16. The third kappa shape index (κ3) is 5.04. The zero-order valence-corrected chi connectivity index (χ0v) is 13.4. The van der Waals surface area contributed by atoms with E-state index >= 15 is 0 Å². The molecule has 2 aromatic rings. The average molecular weight is 318 g/mol. The summed E-state index contributed by atoms with van der Waals surface area (Å²) in [6.07, 6.45) is 3.41. The van der Waals surface area contributed by atoms with E-state index in [0.29, 0.717) is 17.3 Å². The number of rotatable bonds is 7. The Morgan fingerprint density at radius 1 is 1.23 bits per heavy atom. The Bertz CT molecular complexity index is 631. The van der Waals surface area contributed by atoms with Gasteiger partial charge in [0.1, 0.15) is 5.69 Å². The summed E-state index contributed by atoms with van der Waals surface area (Å²) in [6, 6.07) is 11.3. The summed E-state index contributed by atoms with van der Waals surface area (Å²) < 4.78 is 0. The highest BCUT2D eigenvalue weighted by Crippen LogP contribution is 2.11. The summed E-state index contributed by atoms with van der Waals surface area (Å²) in [4.78, 5) is 16.2. The molecule has 1 aromatic carbocycles. The van der Waals surface area contributed by atoms with Gasteiger partial charge in [-0.15, -0.1) is 0 Å².